The van der Waals surface area contributed by atoms with Gasteiger partial charge in [0.25, 0.3) is 5.91 Å². The Hall–Kier alpha value is -3.08. The Morgan fingerprint density at radius 2 is 1.83 bits per heavy atom. The lowest BCUT2D eigenvalue weighted by atomic mass is 10.1. The van der Waals surface area contributed by atoms with Crippen LogP contribution in [0.3, 0.4) is 0 Å². The second-order valence-electron chi connectivity index (χ2n) is 5.56. The van der Waals surface area contributed by atoms with Gasteiger partial charge in [-0.15, -0.1) is 0 Å². The van der Waals surface area contributed by atoms with E-state index >= 15 is 0 Å². The standard InChI is InChI=1S/C19H17NO4/c1-12-9-19(22)24-17-8-13(2)16(10-15(12)17)20-18(21)11-23-14-6-4-3-5-7-14/h3-10H,11H2,1-2H3,(H,20,21). The van der Waals surface area contributed by atoms with Gasteiger partial charge < -0.3 is 14.5 Å². The average Bonchev–Trinajstić information content (AvgIpc) is 2.55. The molecule has 1 aromatic heterocycles. The number of aryl methyl sites for hydroxylation is 2. The lowest BCUT2D eigenvalue weighted by molar-refractivity contribution is -0.118. The second kappa shape index (κ2) is 6.58. The number of amides is 1. The number of ether oxygens (including phenoxy) is 1. The molecule has 0 fully saturated rings. The van der Waals surface area contributed by atoms with Gasteiger partial charge in [-0.2, -0.15) is 0 Å². The van der Waals surface area contributed by atoms with Crippen molar-refractivity contribution >= 4 is 22.6 Å². The quantitative estimate of drug-likeness (QED) is 0.747. The monoisotopic (exact) mass is 323 g/mol. The van der Waals surface area contributed by atoms with Crippen LogP contribution in [-0.4, -0.2) is 12.5 Å². The van der Waals surface area contributed by atoms with Crippen LogP contribution in [0.4, 0.5) is 5.69 Å². The van der Waals surface area contributed by atoms with Crippen molar-refractivity contribution in [2.45, 2.75) is 13.8 Å². The molecule has 0 saturated carbocycles. The summed E-state index contributed by atoms with van der Waals surface area (Å²) >= 11 is 0. The summed E-state index contributed by atoms with van der Waals surface area (Å²) in [6, 6.07) is 14.1. The van der Waals surface area contributed by atoms with Crippen molar-refractivity contribution < 1.29 is 13.9 Å². The molecule has 0 aliphatic rings. The molecule has 0 radical (unpaired) electrons. The highest BCUT2D eigenvalue weighted by atomic mass is 16.5. The minimum Gasteiger partial charge on any atom is -0.484 e. The first-order valence-electron chi connectivity index (χ1n) is 7.56. The Bertz CT molecular complexity index is 945. The van der Waals surface area contributed by atoms with E-state index in [2.05, 4.69) is 5.32 Å². The Kier molecular flexibility index (Phi) is 4.33. The Morgan fingerprint density at radius 1 is 1.08 bits per heavy atom. The number of nitrogens with one attached hydrogen (secondary N) is 1. The van der Waals surface area contributed by atoms with Crippen molar-refractivity contribution in [2.24, 2.45) is 0 Å². The Labute approximate surface area is 138 Å². The molecule has 0 saturated heterocycles. The zero-order chi connectivity index (χ0) is 17.1. The summed E-state index contributed by atoms with van der Waals surface area (Å²) in [4.78, 5) is 23.5. The maximum atomic E-state index is 12.1. The van der Waals surface area contributed by atoms with Gasteiger partial charge in [-0.25, -0.2) is 4.79 Å². The Balaban J connectivity index is 1.78. The van der Waals surface area contributed by atoms with Crippen LogP contribution in [0.1, 0.15) is 11.1 Å². The smallest absolute Gasteiger partial charge is 0.336 e. The highest BCUT2D eigenvalue weighted by Crippen LogP contribution is 2.25. The Morgan fingerprint density at radius 3 is 2.58 bits per heavy atom. The van der Waals surface area contributed by atoms with Gasteiger partial charge in [0.1, 0.15) is 11.3 Å². The van der Waals surface area contributed by atoms with E-state index < -0.39 is 0 Å². The van der Waals surface area contributed by atoms with Crippen molar-refractivity contribution in [3.8, 4) is 5.75 Å². The number of para-hydroxylation sites is 1. The SMILES string of the molecule is Cc1cc2oc(=O)cc(C)c2cc1NC(=O)COc1ccccc1. The van der Waals surface area contributed by atoms with E-state index in [9.17, 15) is 9.59 Å². The predicted molar refractivity (Wildman–Crippen MR) is 92.5 cm³/mol. The van der Waals surface area contributed by atoms with Crippen LogP contribution in [0, 0.1) is 13.8 Å². The molecule has 1 N–H and O–H groups in total. The van der Waals surface area contributed by atoms with Gasteiger partial charge in [-0.3, -0.25) is 4.79 Å². The van der Waals surface area contributed by atoms with E-state index in [4.69, 9.17) is 9.15 Å². The number of fused-ring (bicyclic) bond motifs is 1. The van der Waals surface area contributed by atoms with Gasteiger partial charge >= 0.3 is 5.63 Å². The van der Waals surface area contributed by atoms with Crippen molar-refractivity contribution in [2.75, 3.05) is 11.9 Å². The molecule has 0 spiro atoms. The maximum absolute atomic E-state index is 12.1. The zero-order valence-electron chi connectivity index (χ0n) is 13.5. The molecule has 1 heterocycles. The van der Waals surface area contributed by atoms with Crippen molar-refractivity contribution in [1.82, 2.24) is 0 Å². The van der Waals surface area contributed by atoms with Gasteiger partial charge in [-0.1, -0.05) is 18.2 Å². The molecule has 2 aromatic carbocycles. The fraction of sp³-hybridized carbons (Fsp3) is 0.158. The zero-order valence-corrected chi connectivity index (χ0v) is 13.5. The van der Waals surface area contributed by atoms with Gasteiger partial charge in [0.2, 0.25) is 0 Å². The number of hydrogen-bond acceptors (Lipinski definition) is 4. The number of carbonyl (C=O) groups is 1. The summed E-state index contributed by atoms with van der Waals surface area (Å²) in [7, 11) is 0. The first-order valence-corrected chi connectivity index (χ1v) is 7.56. The minimum absolute atomic E-state index is 0.0790. The molecule has 122 valence electrons. The molecular formula is C19H17NO4. The third kappa shape index (κ3) is 3.46. The van der Waals surface area contributed by atoms with E-state index in [1.807, 2.05) is 38.1 Å². The highest BCUT2D eigenvalue weighted by Gasteiger charge is 2.10. The van der Waals surface area contributed by atoms with Crippen LogP contribution < -0.4 is 15.7 Å². The third-order valence-electron chi connectivity index (χ3n) is 3.68. The fourth-order valence-electron chi connectivity index (χ4n) is 2.45. The summed E-state index contributed by atoms with van der Waals surface area (Å²) in [5.41, 5.74) is 2.41. The van der Waals surface area contributed by atoms with Gasteiger partial charge in [-0.05, 0) is 49.2 Å². The van der Waals surface area contributed by atoms with Gasteiger partial charge in [0.15, 0.2) is 6.61 Å². The molecule has 0 unspecified atom stereocenters. The van der Waals surface area contributed by atoms with E-state index in [0.29, 0.717) is 17.0 Å². The van der Waals surface area contributed by atoms with E-state index in [-0.39, 0.29) is 18.1 Å². The summed E-state index contributed by atoms with van der Waals surface area (Å²) in [5.74, 6) is 0.386. The van der Waals surface area contributed by atoms with Crippen LogP contribution in [0.2, 0.25) is 0 Å². The van der Waals surface area contributed by atoms with Crippen LogP contribution in [0.25, 0.3) is 11.0 Å². The summed E-state index contributed by atoms with van der Waals surface area (Å²) in [6.45, 7) is 3.60. The summed E-state index contributed by atoms with van der Waals surface area (Å²) < 4.78 is 10.6. The molecule has 0 aliphatic carbocycles. The second-order valence-corrected chi connectivity index (χ2v) is 5.56. The molecular weight excluding hydrogens is 306 g/mol. The topological polar surface area (TPSA) is 68.5 Å². The first kappa shape index (κ1) is 15.8. The van der Waals surface area contributed by atoms with Crippen LogP contribution in [0.15, 0.2) is 57.7 Å². The lowest BCUT2D eigenvalue weighted by Gasteiger charge is -2.11. The fourth-order valence-corrected chi connectivity index (χ4v) is 2.45. The molecule has 3 rings (SSSR count). The summed E-state index contributed by atoms with van der Waals surface area (Å²) in [6.07, 6.45) is 0. The van der Waals surface area contributed by atoms with Crippen molar-refractivity contribution in [1.29, 1.82) is 0 Å². The molecule has 1 amide bonds. The molecule has 0 bridgehead atoms. The van der Waals surface area contributed by atoms with Crippen molar-refractivity contribution in [3.63, 3.8) is 0 Å². The molecule has 24 heavy (non-hydrogen) atoms. The number of carbonyl (C=O) groups excluding carboxylic acids is 1. The van der Waals surface area contributed by atoms with Crippen molar-refractivity contribution in [3.05, 3.63) is 70.1 Å². The number of anilines is 1. The lowest BCUT2D eigenvalue weighted by Crippen LogP contribution is -2.20. The number of benzene rings is 2. The minimum atomic E-state index is -0.382. The number of rotatable bonds is 4. The number of hydrogen-bond donors (Lipinski definition) is 1. The average molecular weight is 323 g/mol. The van der Waals surface area contributed by atoms with Gasteiger partial charge in [0, 0.05) is 17.1 Å². The van der Waals surface area contributed by atoms with Gasteiger partial charge in [0.05, 0.1) is 0 Å². The molecule has 3 aromatic rings. The van der Waals surface area contributed by atoms with E-state index in [1.54, 1.807) is 18.2 Å². The van der Waals surface area contributed by atoms with E-state index in [1.165, 1.54) is 6.07 Å². The van der Waals surface area contributed by atoms with Crippen LogP contribution in [-0.2, 0) is 4.79 Å². The molecule has 5 heteroatoms. The molecule has 5 nitrogen and oxygen atoms in total. The molecule has 0 atom stereocenters. The summed E-state index contributed by atoms with van der Waals surface area (Å²) in [5, 5.41) is 3.62. The molecule has 0 aliphatic heterocycles. The van der Waals surface area contributed by atoms with E-state index in [0.717, 1.165) is 16.5 Å². The highest BCUT2D eigenvalue weighted by molar-refractivity contribution is 5.95. The van der Waals surface area contributed by atoms with Crippen LogP contribution in [0.5, 0.6) is 5.75 Å². The third-order valence-corrected chi connectivity index (χ3v) is 3.68. The largest absolute Gasteiger partial charge is 0.484 e. The predicted octanol–water partition coefficient (Wildman–Crippen LogP) is 3.43. The normalized spacial score (nSPS) is 10.6. The first-order chi connectivity index (χ1) is 11.5. The van der Waals surface area contributed by atoms with Crippen LogP contribution >= 0.6 is 0 Å². The maximum Gasteiger partial charge on any atom is 0.336 e.